The van der Waals surface area contributed by atoms with E-state index in [1.807, 2.05) is 16.3 Å². The average molecular weight is 305 g/mol. The first-order valence-electron chi connectivity index (χ1n) is 7.72. The maximum Gasteiger partial charge on any atom is 0.265 e. The minimum Gasteiger partial charge on any atom is -0.395 e. The topological polar surface area (TPSA) is 40.5 Å². The number of aliphatic hydroxyl groups is 1. The first-order valence-corrected chi connectivity index (χ1v) is 8.60. The highest BCUT2D eigenvalue weighted by atomic mass is 32.1. The lowest BCUT2D eigenvalue weighted by Gasteiger charge is -2.31. The molecule has 0 bridgehead atoms. The summed E-state index contributed by atoms with van der Waals surface area (Å²) in [7, 11) is 0. The molecule has 3 nitrogen and oxygen atoms in total. The standard InChI is InChI=1S/C17H23NO2S/c1-2-5-14-7-10-18(11-8-14)17(20)16-15(9-13-21-16)6-3-4-12-19/h9,13-14,19H,2,4-5,7-8,10-12H2,1H3. The van der Waals surface area contributed by atoms with E-state index in [0.717, 1.165) is 42.3 Å². The molecule has 1 aliphatic heterocycles. The van der Waals surface area contributed by atoms with Crippen LogP contribution in [0.2, 0.25) is 0 Å². The van der Waals surface area contributed by atoms with Crippen LogP contribution in [-0.2, 0) is 0 Å². The number of carbonyl (C=O) groups is 1. The van der Waals surface area contributed by atoms with Crippen molar-refractivity contribution in [3.8, 4) is 11.8 Å². The third-order valence-corrected chi connectivity index (χ3v) is 4.82. The van der Waals surface area contributed by atoms with Crippen molar-refractivity contribution in [3.63, 3.8) is 0 Å². The van der Waals surface area contributed by atoms with E-state index in [1.165, 1.54) is 24.2 Å². The molecule has 0 radical (unpaired) electrons. The normalized spacial score (nSPS) is 15.6. The van der Waals surface area contributed by atoms with E-state index in [0.29, 0.717) is 6.42 Å². The number of hydrogen-bond donors (Lipinski definition) is 1. The summed E-state index contributed by atoms with van der Waals surface area (Å²) < 4.78 is 0. The molecule has 1 aromatic rings. The van der Waals surface area contributed by atoms with Crippen LogP contribution < -0.4 is 0 Å². The second-order valence-corrected chi connectivity index (χ2v) is 6.38. The number of rotatable bonds is 4. The summed E-state index contributed by atoms with van der Waals surface area (Å²) in [5, 5.41) is 10.7. The zero-order valence-electron chi connectivity index (χ0n) is 12.6. The number of piperidine rings is 1. The maximum atomic E-state index is 12.6. The van der Waals surface area contributed by atoms with Crippen LogP contribution >= 0.6 is 11.3 Å². The van der Waals surface area contributed by atoms with E-state index in [2.05, 4.69) is 18.8 Å². The van der Waals surface area contributed by atoms with Gasteiger partial charge in [-0.2, -0.15) is 0 Å². The molecule has 21 heavy (non-hydrogen) atoms. The molecule has 1 saturated heterocycles. The van der Waals surface area contributed by atoms with Crippen LogP contribution in [0, 0.1) is 17.8 Å². The fraction of sp³-hybridized carbons (Fsp3) is 0.588. The number of aliphatic hydroxyl groups excluding tert-OH is 1. The van der Waals surface area contributed by atoms with Gasteiger partial charge in [-0.15, -0.1) is 11.3 Å². The van der Waals surface area contributed by atoms with Crippen molar-refractivity contribution >= 4 is 17.2 Å². The number of nitrogens with zero attached hydrogens (tertiary/aromatic N) is 1. The van der Waals surface area contributed by atoms with Crippen LogP contribution in [0.15, 0.2) is 11.4 Å². The minimum absolute atomic E-state index is 0.0609. The molecule has 0 saturated carbocycles. The largest absolute Gasteiger partial charge is 0.395 e. The van der Waals surface area contributed by atoms with Gasteiger partial charge in [0.15, 0.2) is 0 Å². The number of hydrogen-bond acceptors (Lipinski definition) is 3. The lowest BCUT2D eigenvalue weighted by atomic mass is 9.92. The van der Waals surface area contributed by atoms with E-state index in [9.17, 15) is 4.79 Å². The Labute approximate surface area is 131 Å². The van der Waals surface area contributed by atoms with Crippen molar-refractivity contribution in [3.05, 3.63) is 21.9 Å². The first-order chi connectivity index (χ1) is 10.3. The summed E-state index contributed by atoms with van der Waals surface area (Å²) in [5.74, 6) is 6.79. The minimum atomic E-state index is 0.0609. The molecule has 0 unspecified atom stereocenters. The smallest absolute Gasteiger partial charge is 0.265 e. The maximum absolute atomic E-state index is 12.6. The Bertz CT molecular complexity index is 518. The van der Waals surface area contributed by atoms with Crippen LogP contribution in [0.25, 0.3) is 0 Å². The predicted octanol–water partition coefficient (Wildman–Crippen LogP) is 3.13. The van der Waals surface area contributed by atoms with Gasteiger partial charge in [0, 0.05) is 25.1 Å². The predicted molar refractivity (Wildman–Crippen MR) is 86.4 cm³/mol. The number of carbonyl (C=O) groups excluding carboxylic acids is 1. The molecule has 0 aromatic carbocycles. The summed E-state index contributed by atoms with van der Waals surface area (Å²) in [4.78, 5) is 15.3. The third-order valence-electron chi connectivity index (χ3n) is 3.92. The number of thiophene rings is 1. The molecule has 0 aliphatic carbocycles. The van der Waals surface area contributed by atoms with Gasteiger partial charge in [-0.1, -0.05) is 31.6 Å². The van der Waals surface area contributed by atoms with E-state index in [1.54, 1.807) is 0 Å². The number of amides is 1. The van der Waals surface area contributed by atoms with Gasteiger partial charge < -0.3 is 10.0 Å². The second-order valence-electron chi connectivity index (χ2n) is 5.46. The lowest BCUT2D eigenvalue weighted by molar-refractivity contribution is 0.0691. The van der Waals surface area contributed by atoms with Crippen LogP contribution in [0.5, 0.6) is 0 Å². The molecule has 1 amide bonds. The zero-order valence-corrected chi connectivity index (χ0v) is 13.4. The van der Waals surface area contributed by atoms with Crippen molar-refractivity contribution in [1.82, 2.24) is 4.90 Å². The highest BCUT2D eigenvalue weighted by Gasteiger charge is 2.25. The van der Waals surface area contributed by atoms with Gasteiger partial charge in [-0.25, -0.2) is 0 Å². The summed E-state index contributed by atoms with van der Waals surface area (Å²) >= 11 is 1.46. The summed E-state index contributed by atoms with van der Waals surface area (Å²) in [6.45, 7) is 4.02. The Hall–Kier alpha value is -1.31. The molecular formula is C17H23NO2S. The second kappa shape index (κ2) is 8.21. The molecule has 2 rings (SSSR count). The van der Waals surface area contributed by atoms with Crippen LogP contribution in [0.1, 0.15) is 54.3 Å². The third kappa shape index (κ3) is 4.33. The Morgan fingerprint density at radius 1 is 1.48 bits per heavy atom. The van der Waals surface area contributed by atoms with Crippen molar-refractivity contribution in [2.24, 2.45) is 5.92 Å². The summed E-state index contributed by atoms with van der Waals surface area (Å²) in [6.07, 6.45) is 5.20. The van der Waals surface area contributed by atoms with Crippen LogP contribution in [-0.4, -0.2) is 35.6 Å². The Kier molecular flexibility index (Phi) is 6.28. The molecule has 0 spiro atoms. The van der Waals surface area contributed by atoms with E-state index in [4.69, 9.17) is 5.11 Å². The van der Waals surface area contributed by atoms with Crippen molar-refractivity contribution in [1.29, 1.82) is 0 Å². The molecule has 1 aromatic heterocycles. The molecule has 2 heterocycles. The highest BCUT2D eigenvalue weighted by Crippen LogP contribution is 2.25. The van der Waals surface area contributed by atoms with E-state index < -0.39 is 0 Å². The van der Waals surface area contributed by atoms with Crippen LogP contribution in [0.3, 0.4) is 0 Å². The molecule has 1 N–H and O–H groups in total. The quantitative estimate of drug-likeness (QED) is 0.868. The fourth-order valence-electron chi connectivity index (χ4n) is 2.76. The van der Waals surface area contributed by atoms with Gasteiger partial charge >= 0.3 is 0 Å². The zero-order chi connectivity index (χ0) is 15.1. The molecule has 4 heteroatoms. The van der Waals surface area contributed by atoms with Gasteiger partial charge in [0.1, 0.15) is 4.88 Å². The van der Waals surface area contributed by atoms with Gasteiger partial charge in [-0.3, -0.25) is 4.79 Å². The summed E-state index contributed by atoms with van der Waals surface area (Å²) in [6, 6.07) is 1.89. The highest BCUT2D eigenvalue weighted by molar-refractivity contribution is 7.12. The van der Waals surface area contributed by atoms with Gasteiger partial charge in [-0.05, 0) is 30.2 Å². The van der Waals surface area contributed by atoms with Gasteiger partial charge in [0.2, 0.25) is 0 Å². The van der Waals surface area contributed by atoms with Gasteiger partial charge in [0.25, 0.3) is 5.91 Å². The van der Waals surface area contributed by atoms with Crippen LogP contribution in [0.4, 0.5) is 0 Å². The van der Waals surface area contributed by atoms with Crippen molar-refractivity contribution < 1.29 is 9.90 Å². The SMILES string of the molecule is CCCC1CCN(C(=O)c2sccc2C#CCCO)CC1. The van der Waals surface area contributed by atoms with Crippen molar-refractivity contribution in [2.45, 2.75) is 39.0 Å². The van der Waals surface area contributed by atoms with E-state index in [-0.39, 0.29) is 12.5 Å². The van der Waals surface area contributed by atoms with E-state index >= 15 is 0 Å². The molecule has 1 aliphatic rings. The molecular weight excluding hydrogens is 282 g/mol. The monoisotopic (exact) mass is 305 g/mol. The van der Waals surface area contributed by atoms with Gasteiger partial charge in [0.05, 0.1) is 6.61 Å². The lowest BCUT2D eigenvalue weighted by Crippen LogP contribution is -2.38. The summed E-state index contributed by atoms with van der Waals surface area (Å²) in [5.41, 5.74) is 0.800. The molecule has 114 valence electrons. The molecule has 0 atom stereocenters. The first kappa shape index (κ1) is 16.1. The Morgan fingerprint density at radius 3 is 2.90 bits per heavy atom. The fourth-order valence-corrected chi connectivity index (χ4v) is 3.58. The average Bonchev–Trinajstić information content (AvgIpc) is 2.96. The Balaban J connectivity index is 1.99. The van der Waals surface area contributed by atoms with Crippen molar-refractivity contribution in [2.75, 3.05) is 19.7 Å². The molecule has 1 fully saturated rings. The Morgan fingerprint density at radius 2 is 2.24 bits per heavy atom. The number of likely N-dealkylation sites (tertiary alicyclic amines) is 1.